The first kappa shape index (κ1) is 22.3. The molecule has 9 nitrogen and oxygen atoms in total. The zero-order valence-corrected chi connectivity index (χ0v) is 18.9. The van der Waals surface area contributed by atoms with Crippen LogP contribution in [0.25, 0.3) is 5.69 Å². The van der Waals surface area contributed by atoms with E-state index in [-0.39, 0.29) is 12.2 Å². The number of aryl methyl sites for hydroxylation is 1. The lowest BCUT2D eigenvalue weighted by molar-refractivity contribution is 0.0781. The Morgan fingerprint density at radius 3 is 2.27 bits per heavy atom. The van der Waals surface area contributed by atoms with Crippen molar-refractivity contribution in [3.63, 3.8) is 0 Å². The van der Waals surface area contributed by atoms with E-state index < -0.39 is 17.2 Å². The molecule has 9 heteroatoms. The number of hydrogen-bond acceptors (Lipinski definition) is 6. The summed E-state index contributed by atoms with van der Waals surface area (Å²) in [7, 11) is 3.00. The molecular formula is C24H26N4O5. The van der Waals surface area contributed by atoms with Crippen molar-refractivity contribution in [1.82, 2.24) is 19.2 Å². The fraction of sp³-hybridized carbons (Fsp3) is 0.333. The van der Waals surface area contributed by atoms with Gasteiger partial charge in [-0.05, 0) is 37.5 Å². The van der Waals surface area contributed by atoms with E-state index in [1.807, 2.05) is 31.2 Å². The van der Waals surface area contributed by atoms with Gasteiger partial charge in [-0.3, -0.25) is 14.2 Å². The van der Waals surface area contributed by atoms with Gasteiger partial charge in [-0.2, -0.15) is 9.78 Å². The number of carbonyl (C=O) groups is 1. The van der Waals surface area contributed by atoms with Crippen LogP contribution in [0.1, 0.15) is 34.5 Å². The smallest absolute Gasteiger partial charge is 0.352 e. The molecule has 0 atom stereocenters. The fourth-order valence-corrected chi connectivity index (χ4v) is 3.86. The molecule has 0 unspecified atom stereocenters. The van der Waals surface area contributed by atoms with Crippen molar-refractivity contribution >= 4 is 5.91 Å². The molecule has 1 saturated heterocycles. The summed E-state index contributed by atoms with van der Waals surface area (Å²) in [4.78, 5) is 41.4. The number of methoxy groups -OCH3 is 2. The lowest BCUT2D eigenvalue weighted by Gasteiger charge is -2.17. The molecule has 0 aliphatic carbocycles. The Balaban J connectivity index is 1.89. The number of benzene rings is 2. The van der Waals surface area contributed by atoms with Gasteiger partial charge in [0.25, 0.3) is 11.5 Å². The molecule has 0 N–H and O–H groups in total. The third-order valence-electron chi connectivity index (χ3n) is 5.73. The summed E-state index contributed by atoms with van der Waals surface area (Å²) in [5.74, 6) is 0.410. The van der Waals surface area contributed by atoms with Gasteiger partial charge in [-0.15, -0.1) is 0 Å². The van der Waals surface area contributed by atoms with Gasteiger partial charge < -0.3 is 14.4 Å². The third kappa shape index (κ3) is 4.39. The lowest BCUT2D eigenvalue weighted by atomic mass is 10.1. The van der Waals surface area contributed by atoms with Crippen LogP contribution in [0.2, 0.25) is 0 Å². The molecule has 2 aromatic carbocycles. The second-order valence-corrected chi connectivity index (χ2v) is 7.96. The first-order chi connectivity index (χ1) is 15.9. The van der Waals surface area contributed by atoms with Crippen LogP contribution in [-0.2, 0) is 6.54 Å². The second kappa shape index (κ2) is 9.32. The van der Waals surface area contributed by atoms with Crippen molar-refractivity contribution in [2.75, 3.05) is 27.3 Å². The normalized spacial score (nSPS) is 13.2. The van der Waals surface area contributed by atoms with E-state index in [1.165, 1.54) is 14.2 Å². The highest BCUT2D eigenvalue weighted by molar-refractivity contribution is 5.92. The first-order valence-electron chi connectivity index (χ1n) is 10.7. The maximum Gasteiger partial charge on any atom is 0.352 e. The summed E-state index contributed by atoms with van der Waals surface area (Å²) in [6, 6.07) is 12.4. The Labute approximate surface area is 190 Å². The predicted octanol–water partition coefficient (Wildman–Crippen LogP) is 2.00. The van der Waals surface area contributed by atoms with Crippen LogP contribution in [0.15, 0.2) is 52.1 Å². The highest BCUT2D eigenvalue weighted by Gasteiger charge is 2.27. The van der Waals surface area contributed by atoms with E-state index in [1.54, 1.807) is 23.1 Å². The molecule has 0 spiro atoms. The van der Waals surface area contributed by atoms with E-state index in [4.69, 9.17) is 9.47 Å². The zero-order chi connectivity index (χ0) is 23.5. The highest BCUT2D eigenvalue weighted by atomic mass is 16.5. The molecule has 2 heterocycles. The van der Waals surface area contributed by atoms with Crippen LogP contribution in [0, 0.1) is 6.92 Å². The fourth-order valence-electron chi connectivity index (χ4n) is 3.86. The van der Waals surface area contributed by atoms with Crippen molar-refractivity contribution in [2.45, 2.75) is 26.3 Å². The lowest BCUT2D eigenvalue weighted by Crippen LogP contribution is -2.46. The summed E-state index contributed by atoms with van der Waals surface area (Å²) in [5, 5.41) is 4.22. The van der Waals surface area contributed by atoms with Crippen molar-refractivity contribution in [3.05, 3.63) is 80.1 Å². The van der Waals surface area contributed by atoms with Gasteiger partial charge in [-0.1, -0.05) is 29.8 Å². The minimum atomic E-state index is -0.700. The van der Waals surface area contributed by atoms with Gasteiger partial charge in [-0.25, -0.2) is 4.79 Å². The topological polar surface area (TPSA) is 95.7 Å². The average molecular weight is 450 g/mol. The molecule has 1 aromatic heterocycles. The Kier molecular flexibility index (Phi) is 6.30. The highest BCUT2D eigenvalue weighted by Crippen LogP contribution is 2.28. The predicted molar refractivity (Wildman–Crippen MR) is 123 cm³/mol. The van der Waals surface area contributed by atoms with Crippen LogP contribution in [0.3, 0.4) is 0 Å². The summed E-state index contributed by atoms with van der Waals surface area (Å²) < 4.78 is 12.7. The number of nitrogens with zero attached hydrogens (tertiary/aromatic N) is 4. The number of aromatic nitrogens is 3. The van der Waals surface area contributed by atoms with Gasteiger partial charge in [0.1, 0.15) is 0 Å². The van der Waals surface area contributed by atoms with Gasteiger partial charge in [0.2, 0.25) is 5.69 Å². The molecule has 1 aliphatic rings. The van der Waals surface area contributed by atoms with Crippen LogP contribution in [0.5, 0.6) is 11.5 Å². The molecule has 3 aromatic rings. The first-order valence-corrected chi connectivity index (χ1v) is 10.7. The molecule has 4 rings (SSSR count). The zero-order valence-electron chi connectivity index (χ0n) is 18.9. The summed E-state index contributed by atoms with van der Waals surface area (Å²) in [6.45, 7) is 3.11. The van der Waals surface area contributed by atoms with Crippen LogP contribution in [-0.4, -0.2) is 52.5 Å². The Morgan fingerprint density at radius 1 is 0.970 bits per heavy atom. The van der Waals surface area contributed by atoms with E-state index in [9.17, 15) is 14.4 Å². The average Bonchev–Trinajstić information content (AvgIpc) is 3.37. The number of ether oxygens (including phenoxy) is 2. The van der Waals surface area contributed by atoms with Gasteiger partial charge >= 0.3 is 5.69 Å². The van der Waals surface area contributed by atoms with Crippen LogP contribution in [0.4, 0.5) is 0 Å². The summed E-state index contributed by atoms with van der Waals surface area (Å²) >= 11 is 0. The molecule has 0 radical (unpaired) electrons. The second-order valence-electron chi connectivity index (χ2n) is 7.96. The minimum absolute atomic E-state index is 0.0219. The number of carbonyl (C=O) groups excluding carboxylic acids is 1. The van der Waals surface area contributed by atoms with Gasteiger partial charge in [0.05, 0.1) is 26.5 Å². The molecule has 33 heavy (non-hydrogen) atoms. The Bertz CT molecular complexity index is 1290. The molecular weight excluding hydrogens is 424 g/mol. The van der Waals surface area contributed by atoms with Crippen molar-refractivity contribution in [3.8, 4) is 17.2 Å². The largest absolute Gasteiger partial charge is 0.493 e. The van der Waals surface area contributed by atoms with Crippen LogP contribution >= 0.6 is 0 Å². The maximum atomic E-state index is 13.4. The molecule has 1 aliphatic heterocycles. The molecule has 1 fully saturated rings. The monoisotopic (exact) mass is 450 g/mol. The number of hydrogen-bond donors (Lipinski definition) is 0. The summed E-state index contributed by atoms with van der Waals surface area (Å²) in [5.41, 5.74) is 0.557. The van der Waals surface area contributed by atoms with E-state index in [0.29, 0.717) is 30.3 Å². The SMILES string of the molecule is COc1ccc(-n2nc(C(=O)N3CCCC3)c(=O)n(Cc3ccc(C)cc3)c2=O)cc1OC. The number of amides is 1. The molecule has 172 valence electrons. The van der Waals surface area contributed by atoms with E-state index in [2.05, 4.69) is 5.10 Å². The molecule has 1 amide bonds. The Hall–Kier alpha value is -3.88. The van der Waals surface area contributed by atoms with Crippen LogP contribution < -0.4 is 20.7 Å². The molecule has 0 bridgehead atoms. The van der Waals surface area contributed by atoms with Gasteiger partial charge in [0.15, 0.2) is 11.5 Å². The van der Waals surface area contributed by atoms with Crippen molar-refractivity contribution < 1.29 is 14.3 Å². The van der Waals surface area contributed by atoms with Crippen molar-refractivity contribution in [1.29, 1.82) is 0 Å². The van der Waals surface area contributed by atoms with Gasteiger partial charge in [0, 0.05) is 19.2 Å². The minimum Gasteiger partial charge on any atom is -0.493 e. The summed E-state index contributed by atoms with van der Waals surface area (Å²) in [6.07, 6.45) is 1.75. The standard InChI is InChI=1S/C24H26N4O5/c1-16-6-8-17(9-7-16)15-27-23(30)21(22(29)26-12-4-5-13-26)25-28(24(27)31)18-10-11-19(32-2)20(14-18)33-3/h6-11,14H,4-5,12-13,15H2,1-3H3. The third-order valence-corrected chi connectivity index (χ3v) is 5.73. The number of likely N-dealkylation sites (tertiary alicyclic amines) is 1. The van der Waals surface area contributed by atoms with Crippen molar-refractivity contribution in [2.24, 2.45) is 0 Å². The maximum absolute atomic E-state index is 13.4. The number of rotatable bonds is 6. The Morgan fingerprint density at radius 2 is 1.64 bits per heavy atom. The molecule has 0 saturated carbocycles. The van der Waals surface area contributed by atoms with E-state index in [0.717, 1.165) is 33.2 Å². The quantitative estimate of drug-likeness (QED) is 0.570. The van der Waals surface area contributed by atoms with E-state index >= 15 is 0 Å².